The highest BCUT2D eigenvalue weighted by molar-refractivity contribution is 6.12. The zero-order valence-corrected chi connectivity index (χ0v) is 16.2. The van der Waals surface area contributed by atoms with E-state index < -0.39 is 0 Å². The fourth-order valence-corrected chi connectivity index (χ4v) is 3.69. The van der Waals surface area contributed by atoms with Crippen molar-refractivity contribution in [3.63, 3.8) is 0 Å². The Balaban J connectivity index is 1.79. The van der Waals surface area contributed by atoms with Crippen molar-refractivity contribution in [2.45, 2.75) is 39.5 Å². The first-order chi connectivity index (χ1) is 13.1. The summed E-state index contributed by atoms with van der Waals surface area (Å²) in [6.07, 6.45) is 11.4. The van der Waals surface area contributed by atoms with Crippen LogP contribution in [0.25, 0.3) is 0 Å². The van der Waals surface area contributed by atoms with Gasteiger partial charge in [0.05, 0.1) is 36.8 Å². The molecule has 0 spiro atoms. The summed E-state index contributed by atoms with van der Waals surface area (Å²) in [4.78, 5) is 16.5. The fraction of sp³-hybridized carbons (Fsp3) is 0.591. The highest BCUT2D eigenvalue weighted by Crippen LogP contribution is 2.51. The van der Waals surface area contributed by atoms with Gasteiger partial charge in [0.25, 0.3) is 0 Å². The molecule has 2 atom stereocenters. The third-order valence-corrected chi connectivity index (χ3v) is 5.75. The molecule has 5 heteroatoms. The number of esters is 1. The molecule has 3 rings (SSSR count). The van der Waals surface area contributed by atoms with Gasteiger partial charge in [0.15, 0.2) is 0 Å². The molecule has 0 radical (unpaired) electrons. The Labute approximate surface area is 161 Å². The smallest absolute Gasteiger partial charge is 0.309 e. The molecule has 1 saturated carbocycles. The molecule has 2 fully saturated rings. The summed E-state index contributed by atoms with van der Waals surface area (Å²) in [5, 5.41) is 9.48. The number of nitriles is 1. The van der Waals surface area contributed by atoms with Gasteiger partial charge in [-0.15, -0.1) is 0 Å². The molecular formula is C22H28N2O3. The third-order valence-electron chi connectivity index (χ3n) is 5.75. The van der Waals surface area contributed by atoms with E-state index in [9.17, 15) is 10.1 Å². The highest BCUT2D eigenvalue weighted by atomic mass is 16.5. The van der Waals surface area contributed by atoms with Crippen molar-refractivity contribution >= 4 is 11.7 Å². The first-order valence-electron chi connectivity index (χ1n) is 9.87. The Hall–Kier alpha value is -2.19. The van der Waals surface area contributed by atoms with Gasteiger partial charge in [0.1, 0.15) is 0 Å². The quantitative estimate of drug-likeness (QED) is 0.669. The predicted octanol–water partition coefficient (Wildman–Crippen LogP) is 3.78. The maximum Gasteiger partial charge on any atom is 0.309 e. The number of rotatable bonds is 6. The standard InChI is InChI=1S/C22H28N2O3/c1-3-27-21(25)7-6-18-4-5-19(17-8-10-26-11-9-17)12-20(18)24-15-22(14-23)13-16(22)2/h4-6,12,16-17H,3,7-11,13,15H2,1-2H3/b18-6-,24-20?/t16-,22-/m0/s1. The first-order valence-corrected chi connectivity index (χ1v) is 9.87. The number of hydrogen-bond donors (Lipinski definition) is 0. The summed E-state index contributed by atoms with van der Waals surface area (Å²) >= 11 is 0. The molecule has 0 unspecified atom stereocenters. The maximum absolute atomic E-state index is 11.7. The van der Waals surface area contributed by atoms with E-state index in [0.717, 1.165) is 43.8 Å². The maximum atomic E-state index is 11.7. The van der Waals surface area contributed by atoms with Gasteiger partial charge in [0.2, 0.25) is 0 Å². The number of aliphatic imine (C=N–C) groups is 1. The minimum Gasteiger partial charge on any atom is -0.466 e. The van der Waals surface area contributed by atoms with Crippen molar-refractivity contribution in [2.75, 3.05) is 26.4 Å². The number of ether oxygens (including phenoxy) is 2. The third kappa shape index (κ3) is 4.75. The number of carbonyl (C=O) groups is 1. The van der Waals surface area contributed by atoms with Gasteiger partial charge in [0, 0.05) is 13.2 Å². The van der Waals surface area contributed by atoms with E-state index in [2.05, 4.69) is 25.1 Å². The van der Waals surface area contributed by atoms with Crippen LogP contribution in [0, 0.1) is 28.6 Å². The second-order valence-corrected chi connectivity index (χ2v) is 7.61. The minimum absolute atomic E-state index is 0.229. The summed E-state index contributed by atoms with van der Waals surface area (Å²) in [6.45, 7) is 6.40. The molecule has 0 aromatic carbocycles. The molecule has 0 bridgehead atoms. The number of hydrogen-bond acceptors (Lipinski definition) is 5. The summed E-state index contributed by atoms with van der Waals surface area (Å²) in [5.41, 5.74) is 2.75. The van der Waals surface area contributed by atoms with Crippen molar-refractivity contribution in [2.24, 2.45) is 22.2 Å². The van der Waals surface area contributed by atoms with Gasteiger partial charge < -0.3 is 9.47 Å². The van der Waals surface area contributed by atoms with Crippen molar-refractivity contribution in [3.05, 3.63) is 35.5 Å². The van der Waals surface area contributed by atoms with Gasteiger partial charge in [-0.2, -0.15) is 5.26 Å². The summed E-state index contributed by atoms with van der Waals surface area (Å²) < 4.78 is 10.5. The van der Waals surface area contributed by atoms with Crippen LogP contribution in [-0.2, 0) is 14.3 Å². The monoisotopic (exact) mass is 368 g/mol. The van der Waals surface area contributed by atoms with E-state index in [0.29, 0.717) is 25.0 Å². The number of allylic oxidation sites excluding steroid dienone is 5. The van der Waals surface area contributed by atoms with E-state index in [-0.39, 0.29) is 17.8 Å². The van der Waals surface area contributed by atoms with Crippen LogP contribution in [0.5, 0.6) is 0 Å². The summed E-state index contributed by atoms with van der Waals surface area (Å²) in [7, 11) is 0. The molecule has 5 nitrogen and oxygen atoms in total. The summed E-state index contributed by atoms with van der Waals surface area (Å²) in [6, 6.07) is 2.44. The average molecular weight is 368 g/mol. The zero-order valence-electron chi connectivity index (χ0n) is 16.2. The van der Waals surface area contributed by atoms with Crippen molar-refractivity contribution in [1.82, 2.24) is 0 Å². The largest absolute Gasteiger partial charge is 0.466 e. The second-order valence-electron chi connectivity index (χ2n) is 7.61. The van der Waals surface area contributed by atoms with Crippen LogP contribution in [-0.4, -0.2) is 38.0 Å². The van der Waals surface area contributed by atoms with Gasteiger partial charge in [-0.3, -0.25) is 9.79 Å². The first kappa shape index (κ1) is 19.6. The molecule has 0 aromatic heterocycles. The predicted molar refractivity (Wildman–Crippen MR) is 104 cm³/mol. The van der Waals surface area contributed by atoms with E-state index in [1.807, 2.05) is 12.2 Å². The molecule has 144 valence electrons. The molecule has 1 aliphatic heterocycles. The van der Waals surface area contributed by atoms with Crippen molar-refractivity contribution in [3.8, 4) is 6.07 Å². The average Bonchev–Trinajstić information content (AvgIpc) is 3.36. The Bertz CT molecular complexity index is 735. The van der Waals surface area contributed by atoms with E-state index in [4.69, 9.17) is 14.5 Å². The molecule has 0 aromatic rings. The van der Waals surface area contributed by atoms with Crippen molar-refractivity contribution < 1.29 is 14.3 Å². The van der Waals surface area contributed by atoms with Crippen molar-refractivity contribution in [1.29, 1.82) is 5.26 Å². The molecule has 0 amide bonds. The Morgan fingerprint density at radius 2 is 2.19 bits per heavy atom. The lowest BCUT2D eigenvalue weighted by Crippen LogP contribution is -2.19. The Kier molecular flexibility index (Phi) is 6.28. The summed E-state index contributed by atoms with van der Waals surface area (Å²) in [5.74, 6) is 0.648. The van der Waals surface area contributed by atoms with Gasteiger partial charge in [-0.05, 0) is 55.2 Å². The van der Waals surface area contributed by atoms with Gasteiger partial charge in [-0.25, -0.2) is 0 Å². The second kappa shape index (κ2) is 8.67. The van der Waals surface area contributed by atoms with Crippen LogP contribution < -0.4 is 0 Å². The minimum atomic E-state index is -0.312. The number of nitrogens with zero attached hydrogens (tertiary/aromatic N) is 2. The molecule has 1 saturated heterocycles. The Morgan fingerprint density at radius 1 is 1.44 bits per heavy atom. The van der Waals surface area contributed by atoms with Crippen LogP contribution in [0.1, 0.15) is 39.5 Å². The van der Waals surface area contributed by atoms with Crippen LogP contribution in [0.2, 0.25) is 0 Å². The zero-order chi connectivity index (χ0) is 19.3. The normalized spacial score (nSPS) is 30.9. The van der Waals surface area contributed by atoms with Crippen LogP contribution in [0.3, 0.4) is 0 Å². The SMILES string of the molecule is CCOC(=O)C/C=C1/C=CC(C2CCOCC2)=CC1=NC[C@@]1(C#N)C[C@@H]1C. The molecule has 3 aliphatic rings. The van der Waals surface area contributed by atoms with Gasteiger partial charge >= 0.3 is 5.97 Å². The Morgan fingerprint density at radius 3 is 2.81 bits per heavy atom. The van der Waals surface area contributed by atoms with Crippen LogP contribution in [0.4, 0.5) is 0 Å². The van der Waals surface area contributed by atoms with E-state index in [1.54, 1.807) is 6.92 Å². The van der Waals surface area contributed by atoms with Crippen LogP contribution >= 0.6 is 0 Å². The van der Waals surface area contributed by atoms with Gasteiger partial charge in [-0.1, -0.05) is 25.2 Å². The fourth-order valence-electron chi connectivity index (χ4n) is 3.69. The van der Waals surface area contributed by atoms with E-state index >= 15 is 0 Å². The molecule has 1 heterocycles. The molecule has 0 N–H and O–H groups in total. The number of carbonyl (C=O) groups excluding carboxylic acids is 1. The molecule has 27 heavy (non-hydrogen) atoms. The van der Waals surface area contributed by atoms with E-state index in [1.165, 1.54) is 5.57 Å². The lowest BCUT2D eigenvalue weighted by atomic mass is 9.86. The van der Waals surface area contributed by atoms with Crippen LogP contribution in [0.15, 0.2) is 40.4 Å². The molecular weight excluding hydrogens is 340 g/mol. The highest BCUT2D eigenvalue weighted by Gasteiger charge is 2.51. The lowest BCUT2D eigenvalue weighted by Gasteiger charge is -2.25. The molecule has 2 aliphatic carbocycles. The topological polar surface area (TPSA) is 71.7 Å². The lowest BCUT2D eigenvalue weighted by molar-refractivity contribution is -0.142.